The monoisotopic (exact) mass is 273 g/mol. The fraction of sp³-hybridized carbons (Fsp3) is 0.636. The van der Waals surface area contributed by atoms with E-state index in [-0.39, 0.29) is 11.0 Å². The Morgan fingerprint density at radius 1 is 1.61 bits per heavy atom. The molecule has 2 rings (SSSR count). The second-order valence-electron chi connectivity index (χ2n) is 4.49. The van der Waals surface area contributed by atoms with Gasteiger partial charge in [-0.05, 0) is 18.9 Å². The van der Waals surface area contributed by atoms with Crippen molar-refractivity contribution in [2.45, 2.75) is 30.4 Å². The third kappa shape index (κ3) is 2.74. The molecule has 0 radical (unpaired) electrons. The topological polar surface area (TPSA) is 88.4 Å². The van der Waals surface area contributed by atoms with Crippen molar-refractivity contribution in [3.8, 4) is 0 Å². The molecule has 1 aliphatic rings. The summed E-state index contributed by atoms with van der Waals surface area (Å²) in [6.45, 7) is 1.41. The molecule has 0 aliphatic carbocycles. The predicted octanol–water partition coefficient (Wildman–Crippen LogP) is 0.273. The molecule has 2 heterocycles. The minimum atomic E-state index is -3.45. The van der Waals surface area contributed by atoms with Gasteiger partial charge < -0.3 is 15.5 Å². The van der Waals surface area contributed by atoms with Gasteiger partial charge in [-0.25, -0.2) is 8.42 Å². The van der Waals surface area contributed by atoms with Crippen molar-refractivity contribution < 1.29 is 13.2 Å². The standard InChI is InChI=1S/C11H19N3O3S/c1-14(8-10-3-2-4-17-10)18(15,16)11-5-9(6-12)13-7-11/h5,7,10,13H,2-4,6,8,12H2,1H3. The zero-order chi connectivity index (χ0) is 13.2. The highest BCUT2D eigenvalue weighted by atomic mass is 32.2. The van der Waals surface area contributed by atoms with Crippen molar-refractivity contribution in [1.29, 1.82) is 0 Å². The molecule has 1 fully saturated rings. The molecule has 0 saturated carbocycles. The quantitative estimate of drug-likeness (QED) is 0.806. The molecule has 1 unspecified atom stereocenters. The van der Waals surface area contributed by atoms with E-state index in [0.717, 1.165) is 19.4 Å². The van der Waals surface area contributed by atoms with Crippen LogP contribution in [0, 0.1) is 0 Å². The van der Waals surface area contributed by atoms with Crippen molar-refractivity contribution >= 4 is 10.0 Å². The van der Waals surface area contributed by atoms with E-state index in [2.05, 4.69) is 4.98 Å². The molecule has 18 heavy (non-hydrogen) atoms. The molecule has 1 aromatic heterocycles. The van der Waals surface area contributed by atoms with E-state index >= 15 is 0 Å². The normalized spacial score (nSPS) is 20.7. The maximum Gasteiger partial charge on any atom is 0.244 e. The number of sulfonamides is 1. The van der Waals surface area contributed by atoms with E-state index in [0.29, 0.717) is 18.8 Å². The average Bonchev–Trinajstić information content (AvgIpc) is 2.99. The SMILES string of the molecule is CN(CC1CCCO1)S(=O)(=O)c1c[nH]c(CN)c1. The molecule has 0 bridgehead atoms. The van der Waals surface area contributed by atoms with Gasteiger partial charge >= 0.3 is 0 Å². The molecule has 1 atom stereocenters. The number of aromatic nitrogens is 1. The highest BCUT2D eigenvalue weighted by molar-refractivity contribution is 7.89. The van der Waals surface area contributed by atoms with E-state index < -0.39 is 10.0 Å². The van der Waals surface area contributed by atoms with Crippen molar-refractivity contribution in [2.24, 2.45) is 5.73 Å². The van der Waals surface area contributed by atoms with Crippen molar-refractivity contribution in [2.75, 3.05) is 20.2 Å². The first-order valence-corrected chi connectivity index (χ1v) is 7.43. The van der Waals surface area contributed by atoms with E-state index in [1.807, 2.05) is 0 Å². The van der Waals surface area contributed by atoms with Gasteiger partial charge in [0.1, 0.15) is 0 Å². The number of hydrogen-bond donors (Lipinski definition) is 2. The van der Waals surface area contributed by atoms with E-state index in [9.17, 15) is 8.42 Å². The van der Waals surface area contributed by atoms with E-state index in [4.69, 9.17) is 10.5 Å². The van der Waals surface area contributed by atoms with Crippen LogP contribution in [0.4, 0.5) is 0 Å². The van der Waals surface area contributed by atoms with Crippen LogP contribution in [0.1, 0.15) is 18.5 Å². The van der Waals surface area contributed by atoms with Gasteiger partial charge in [-0.15, -0.1) is 0 Å². The summed E-state index contributed by atoms with van der Waals surface area (Å²) in [6, 6.07) is 1.57. The summed E-state index contributed by atoms with van der Waals surface area (Å²) in [6.07, 6.45) is 3.41. The summed E-state index contributed by atoms with van der Waals surface area (Å²) in [4.78, 5) is 3.10. The van der Waals surface area contributed by atoms with Gasteiger partial charge in [-0.1, -0.05) is 0 Å². The Morgan fingerprint density at radius 2 is 2.39 bits per heavy atom. The molecule has 1 aliphatic heterocycles. The molecule has 0 aromatic carbocycles. The Hall–Kier alpha value is -0.890. The number of rotatable bonds is 5. The zero-order valence-electron chi connectivity index (χ0n) is 10.4. The Balaban J connectivity index is 2.09. The molecule has 102 valence electrons. The molecule has 3 N–H and O–H groups in total. The minimum Gasteiger partial charge on any atom is -0.377 e. The molecular formula is C11H19N3O3S. The Kier molecular flexibility index (Phi) is 4.06. The smallest absolute Gasteiger partial charge is 0.244 e. The third-order valence-electron chi connectivity index (χ3n) is 3.13. The maximum atomic E-state index is 12.3. The van der Waals surface area contributed by atoms with E-state index in [1.54, 1.807) is 13.1 Å². The highest BCUT2D eigenvalue weighted by Crippen LogP contribution is 2.19. The lowest BCUT2D eigenvalue weighted by atomic mass is 10.2. The first-order chi connectivity index (χ1) is 8.54. The molecule has 0 spiro atoms. The van der Waals surface area contributed by atoms with Crippen molar-refractivity contribution in [1.82, 2.24) is 9.29 Å². The van der Waals surface area contributed by atoms with Crippen LogP contribution in [0.5, 0.6) is 0 Å². The molecule has 6 nitrogen and oxygen atoms in total. The van der Waals surface area contributed by atoms with Crippen LogP contribution < -0.4 is 5.73 Å². The summed E-state index contributed by atoms with van der Waals surface area (Å²) >= 11 is 0. The molecule has 1 saturated heterocycles. The molecule has 7 heteroatoms. The van der Waals surface area contributed by atoms with Crippen molar-refractivity contribution in [3.63, 3.8) is 0 Å². The summed E-state index contributed by atoms with van der Waals surface area (Å²) < 4.78 is 31.3. The van der Waals surface area contributed by atoms with Crippen LogP contribution in [-0.2, 0) is 21.3 Å². The van der Waals surface area contributed by atoms with Crippen LogP contribution in [0.15, 0.2) is 17.2 Å². The first-order valence-electron chi connectivity index (χ1n) is 5.99. The van der Waals surface area contributed by atoms with Gasteiger partial charge in [-0.2, -0.15) is 4.31 Å². The third-order valence-corrected chi connectivity index (χ3v) is 4.93. The second-order valence-corrected chi connectivity index (χ2v) is 6.53. The lowest BCUT2D eigenvalue weighted by Gasteiger charge is -2.19. The average molecular weight is 273 g/mol. The summed E-state index contributed by atoms with van der Waals surface area (Å²) in [5.41, 5.74) is 6.16. The largest absolute Gasteiger partial charge is 0.377 e. The van der Waals surface area contributed by atoms with Gasteiger partial charge in [-0.3, -0.25) is 0 Å². The van der Waals surface area contributed by atoms with Gasteiger partial charge in [0, 0.05) is 38.6 Å². The number of nitrogens with zero attached hydrogens (tertiary/aromatic N) is 1. The summed E-state index contributed by atoms with van der Waals surface area (Å²) in [7, 11) is -1.87. The summed E-state index contributed by atoms with van der Waals surface area (Å²) in [5.74, 6) is 0. The fourth-order valence-corrected chi connectivity index (χ4v) is 3.26. The fourth-order valence-electron chi connectivity index (χ4n) is 2.04. The molecule has 1 aromatic rings. The second kappa shape index (κ2) is 5.40. The van der Waals surface area contributed by atoms with Crippen LogP contribution in [0.3, 0.4) is 0 Å². The number of aromatic amines is 1. The molecule has 0 amide bonds. The van der Waals surface area contributed by atoms with E-state index in [1.165, 1.54) is 10.5 Å². The predicted molar refractivity (Wildman–Crippen MR) is 67.5 cm³/mol. The highest BCUT2D eigenvalue weighted by Gasteiger charge is 2.26. The van der Waals surface area contributed by atoms with Gasteiger partial charge in [0.05, 0.1) is 11.0 Å². The number of ether oxygens (including phenoxy) is 1. The number of nitrogens with two attached hydrogens (primary N) is 1. The number of H-pyrrole nitrogens is 1. The van der Waals surface area contributed by atoms with Gasteiger partial charge in [0.25, 0.3) is 0 Å². The van der Waals surface area contributed by atoms with Crippen LogP contribution >= 0.6 is 0 Å². The Labute approximate surface area is 107 Å². The van der Waals surface area contributed by atoms with Gasteiger partial charge in [0.2, 0.25) is 10.0 Å². The summed E-state index contributed by atoms with van der Waals surface area (Å²) in [5, 5.41) is 0. The number of likely N-dealkylation sites (N-methyl/N-ethyl adjacent to an activating group) is 1. The number of hydrogen-bond acceptors (Lipinski definition) is 4. The zero-order valence-corrected chi connectivity index (χ0v) is 11.2. The first kappa shape index (κ1) is 13.5. The lowest BCUT2D eigenvalue weighted by Crippen LogP contribution is -2.33. The maximum absolute atomic E-state index is 12.3. The lowest BCUT2D eigenvalue weighted by molar-refractivity contribution is 0.0979. The van der Waals surface area contributed by atoms with Crippen LogP contribution in [0.2, 0.25) is 0 Å². The van der Waals surface area contributed by atoms with Crippen LogP contribution in [0.25, 0.3) is 0 Å². The Bertz CT molecular complexity index is 491. The minimum absolute atomic E-state index is 0.0118. The number of nitrogens with one attached hydrogen (secondary N) is 1. The van der Waals surface area contributed by atoms with Gasteiger partial charge in [0.15, 0.2) is 0 Å². The van der Waals surface area contributed by atoms with Crippen molar-refractivity contribution in [3.05, 3.63) is 18.0 Å². The van der Waals surface area contributed by atoms with Crippen LogP contribution in [-0.4, -0.2) is 44.0 Å². The molecular weight excluding hydrogens is 254 g/mol. The Morgan fingerprint density at radius 3 is 2.94 bits per heavy atom.